The molecule has 3 aromatic carbocycles. The van der Waals surface area contributed by atoms with Crippen molar-refractivity contribution in [3.05, 3.63) is 41.3 Å². The molecule has 3 aromatic rings. The van der Waals surface area contributed by atoms with Crippen LogP contribution in [-0.4, -0.2) is 84.2 Å². The van der Waals surface area contributed by atoms with Crippen molar-refractivity contribution in [2.45, 2.75) is 37.5 Å². The van der Waals surface area contributed by atoms with Gasteiger partial charge in [-0.25, -0.2) is 26.3 Å². The summed E-state index contributed by atoms with van der Waals surface area (Å²) in [5, 5.41) is 14.1. The number of nitrogens with zero attached hydrogens (tertiary/aromatic N) is 3. The number of hydrogen-bond donors (Lipinski definition) is 4. The molecule has 0 atom stereocenters. The van der Waals surface area contributed by atoms with Crippen molar-refractivity contribution in [2.24, 2.45) is 5.18 Å². The first-order valence-corrected chi connectivity index (χ1v) is 16.2. The Bertz CT molecular complexity index is 1450. The molecule has 0 aliphatic rings. The van der Waals surface area contributed by atoms with Gasteiger partial charge in [0.25, 0.3) is 0 Å². The number of rotatable bonds is 16. The van der Waals surface area contributed by atoms with E-state index in [1.807, 2.05) is 27.7 Å². The van der Waals surface area contributed by atoms with Crippen LogP contribution in [-0.2, 0) is 20.0 Å². The maximum absolute atomic E-state index is 13.0. The van der Waals surface area contributed by atoms with Crippen LogP contribution in [0.3, 0.4) is 0 Å². The van der Waals surface area contributed by atoms with Gasteiger partial charge in [0.2, 0.25) is 20.0 Å². The number of sulfonamides is 2. The Morgan fingerprint density at radius 2 is 1.10 bits per heavy atom. The molecule has 220 valence electrons. The molecule has 14 heteroatoms. The first-order chi connectivity index (χ1) is 19.1. The first-order valence-electron chi connectivity index (χ1n) is 13.3. The Labute approximate surface area is 235 Å². The molecule has 0 unspecified atom stereocenters. The summed E-state index contributed by atoms with van der Waals surface area (Å²) in [7, 11) is -7.86. The third kappa shape index (κ3) is 6.94. The molecule has 0 saturated carbocycles. The van der Waals surface area contributed by atoms with Gasteiger partial charge in [0.05, 0.1) is 15.5 Å². The molecule has 0 saturated heterocycles. The predicted molar refractivity (Wildman–Crippen MR) is 158 cm³/mol. The van der Waals surface area contributed by atoms with Crippen molar-refractivity contribution < 1.29 is 22.0 Å². The van der Waals surface area contributed by atoms with E-state index in [0.717, 1.165) is 26.2 Å². The Hall–Kier alpha value is -2.72. The average Bonchev–Trinajstić information content (AvgIpc) is 2.95. The monoisotopic (exact) mass is 594 g/mol. The molecule has 0 bridgehead atoms. The van der Waals surface area contributed by atoms with Crippen LogP contribution < -0.4 is 14.9 Å². The lowest BCUT2D eigenvalue weighted by Gasteiger charge is -2.18. The summed E-state index contributed by atoms with van der Waals surface area (Å²) in [6.07, 6.45) is 0. The number of nitrogens with one attached hydrogen (secondary N) is 3. The van der Waals surface area contributed by atoms with Crippen molar-refractivity contribution in [1.29, 1.82) is 0 Å². The molecule has 4 N–H and O–H groups in total. The third-order valence-electron chi connectivity index (χ3n) is 7.08. The second-order valence-electron chi connectivity index (χ2n) is 9.19. The maximum atomic E-state index is 13.0. The van der Waals surface area contributed by atoms with Crippen molar-refractivity contribution in [3.8, 4) is 0 Å². The fourth-order valence-electron chi connectivity index (χ4n) is 4.64. The van der Waals surface area contributed by atoms with E-state index in [1.54, 1.807) is 0 Å². The van der Waals surface area contributed by atoms with E-state index in [2.05, 4.69) is 29.9 Å². The van der Waals surface area contributed by atoms with Crippen LogP contribution in [0.5, 0.6) is 0 Å². The van der Waals surface area contributed by atoms with Crippen LogP contribution in [0, 0.1) is 4.91 Å². The van der Waals surface area contributed by atoms with Gasteiger partial charge in [-0.05, 0) is 55.6 Å². The van der Waals surface area contributed by atoms with Gasteiger partial charge in [0.15, 0.2) is 0 Å². The Balaban J connectivity index is 2.06. The van der Waals surface area contributed by atoms with Gasteiger partial charge >= 0.3 is 0 Å². The summed E-state index contributed by atoms with van der Waals surface area (Å²) in [6, 6.07) is 8.30. The van der Waals surface area contributed by atoms with Crippen LogP contribution in [0.15, 0.2) is 51.4 Å². The van der Waals surface area contributed by atoms with Gasteiger partial charge < -0.3 is 9.80 Å². The molecule has 0 aromatic heterocycles. The molecule has 0 aliphatic carbocycles. The van der Waals surface area contributed by atoms with Gasteiger partial charge in [0, 0.05) is 47.7 Å². The van der Waals surface area contributed by atoms with E-state index >= 15 is 0 Å². The molecule has 40 heavy (non-hydrogen) atoms. The average molecular weight is 595 g/mol. The second-order valence-corrected chi connectivity index (χ2v) is 12.7. The van der Waals surface area contributed by atoms with E-state index in [1.165, 1.54) is 36.4 Å². The van der Waals surface area contributed by atoms with Crippen molar-refractivity contribution in [3.63, 3.8) is 0 Å². The fraction of sp³-hybridized carbons (Fsp3) is 0.462. The lowest BCUT2D eigenvalue weighted by atomic mass is 9.99. The largest absolute Gasteiger partial charge is 0.303 e. The molecule has 0 radical (unpaired) electrons. The van der Waals surface area contributed by atoms with Gasteiger partial charge in [-0.1, -0.05) is 39.8 Å². The fourth-order valence-corrected chi connectivity index (χ4v) is 6.73. The van der Waals surface area contributed by atoms with Gasteiger partial charge in [-0.3, -0.25) is 10.7 Å². The number of likely N-dealkylation sites (N-methyl/N-ethyl adjacent to an activating group) is 2. The minimum Gasteiger partial charge on any atom is -0.303 e. The highest BCUT2D eigenvalue weighted by Gasteiger charge is 2.22. The van der Waals surface area contributed by atoms with E-state index in [4.69, 9.17) is 0 Å². The summed E-state index contributed by atoms with van der Waals surface area (Å²) in [5.74, 6) is 0. The minimum absolute atomic E-state index is 0.0884. The first kappa shape index (κ1) is 31.8. The topological polar surface area (TPSA) is 161 Å². The van der Waals surface area contributed by atoms with E-state index in [-0.39, 0.29) is 45.0 Å². The van der Waals surface area contributed by atoms with Gasteiger partial charge in [-0.2, -0.15) is 0 Å². The van der Waals surface area contributed by atoms with Crippen LogP contribution in [0.2, 0.25) is 0 Å². The molecule has 0 spiro atoms. The van der Waals surface area contributed by atoms with Crippen LogP contribution in [0.1, 0.15) is 27.7 Å². The number of nitroso groups, excluding NO2 is 1. The number of hydrogen-bond acceptors (Lipinski definition) is 10. The van der Waals surface area contributed by atoms with E-state index in [9.17, 15) is 26.9 Å². The predicted octanol–water partition coefficient (Wildman–Crippen LogP) is 3.43. The standard InChI is InChI=1S/C26H38N6O6S2/c1-5-31(6-2)15-13-27-39(35,36)19-9-11-21-23(17-19)26(30-34)24-18-20(10-12-22(24)25(21)29-33)40(37,38)28-14-16-32(7-3)8-4/h9-12,17-18,27-29,33H,5-8,13-16H2,1-4H3. The van der Waals surface area contributed by atoms with Crippen molar-refractivity contribution in [2.75, 3.05) is 57.8 Å². The van der Waals surface area contributed by atoms with E-state index < -0.39 is 20.0 Å². The molecule has 0 aliphatic heterocycles. The van der Waals surface area contributed by atoms with Crippen LogP contribution >= 0.6 is 0 Å². The molecule has 12 nitrogen and oxygen atoms in total. The maximum Gasteiger partial charge on any atom is 0.240 e. The highest BCUT2D eigenvalue weighted by atomic mass is 32.2. The molecule has 0 fully saturated rings. The van der Waals surface area contributed by atoms with E-state index in [0.29, 0.717) is 23.9 Å². The molecule has 0 heterocycles. The van der Waals surface area contributed by atoms with Crippen molar-refractivity contribution >= 4 is 53.0 Å². The van der Waals surface area contributed by atoms with Crippen LogP contribution in [0.4, 0.5) is 11.4 Å². The normalized spacial score (nSPS) is 12.6. The van der Waals surface area contributed by atoms with Gasteiger partial charge in [0.1, 0.15) is 5.69 Å². The Kier molecular flexibility index (Phi) is 10.9. The lowest BCUT2D eigenvalue weighted by molar-refractivity contribution is 0.309. The van der Waals surface area contributed by atoms with Gasteiger partial charge in [-0.15, -0.1) is 4.91 Å². The zero-order valence-corrected chi connectivity index (χ0v) is 24.9. The molecular formula is C26H38N6O6S2. The zero-order chi connectivity index (χ0) is 29.5. The highest BCUT2D eigenvalue weighted by molar-refractivity contribution is 7.89. The SMILES string of the molecule is CCN(CC)CCNS(=O)(=O)c1ccc2c(NO)c3ccc(S(=O)(=O)NCCN(CC)CC)cc3c(N=O)c2c1. The number of fused-ring (bicyclic) bond motifs is 2. The summed E-state index contributed by atoms with van der Waals surface area (Å²) < 4.78 is 57.3. The highest BCUT2D eigenvalue weighted by Crippen LogP contribution is 2.42. The van der Waals surface area contributed by atoms with Crippen molar-refractivity contribution in [1.82, 2.24) is 19.2 Å². The lowest BCUT2D eigenvalue weighted by Crippen LogP contribution is -2.34. The summed E-state index contributed by atoms with van der Waals surface area (Å²) in [5.41, 5.74) is 2.17. The quantitative estimate of drug-likeness (QED) is 0.111. The third-order valence-corrected chi connectivity index (χ3v) is 10.0. The zero-order valence-electron chi connectivity index (χ0n) is 23.3. The Morgan fingerprint density at radius 3 is 1.43 bits per heavy atom. The molecule has 0 amide bonds. The Morgan fingerprint density at radius 1 is 0.700 bits per heavy atom. The number of anilines is 1. The molecular weight excluding hydrogens is 556 g/mol. The molecule has 3 rings (SSSR count). The second kappa shape index (κ2) is 13.8. The number of benzene rings is 3. The smallest absolute Gasteiger partial charge is 0.240 e. The summed E-state index contributed by atoms with van der Waals surface area (Å²) >= 11 is 0. The van der Waals surface area contributed by atoms with Crippen LogP contribution in [0.25, 0.3) is 21.5 Å². The summed E-state index contributed by atoms with van der Waals surface area (Å²) in [4.78, 5) is 16.1. The minimum atomic E-state index is -3.93. The summed E-state index contributed by atoms with van der Waals surface area (Å²) in [6.45, 7) is 12.6.